The molecule has 1 amide bonds. The van der Waals surface area contributed by atoms with Gasteiger partial charge in [0.05, 0.1) is 6.20 Å². The molecule has 0 aromatic carbocycles. The number of aromatic nitrogens is 4. The van der Waals surface area contributed by atoms with Crippen LogP contribution in [-0.4, -0.2) is 26.1 Å². The Bertz CT molecular complexity index is 740. The second-order valence-electron chi connectivity index (χ2n) is 4.49. The first-order valence-electron chi connectivity index (χ1n) is 6.09. The zero-order valence-corrected chi connectivity index (χ0v) is 11.2. The molecule has 0 spiro atoms. The molecule has 2 aromatic rings. The fourth-order valence-electron chi connectivity index (χ4n) is 1.84. The van der Waals surface area contributed by atoms with Crippen molar-refractivity contribution in [3.63, 3.8) is 0 Å². The van der Waals surface area contributed by atoms with Crippen LogP contribution in [0.25, 0.3) is 0 Å². The first-order chi connectivity index (χ1) is 9.47. The van der Waals surface area contributed by atoms with Gasteiger partial charge in [-0.1, -0.05) is 0 Å². The van der Waals surface area contributed by atoms with E-state index in [1.807, 2.05) is 6.92 Å². The summed E-state index contributed by atoms with van der Waals surface area (Å²) in [6.45, 7) is 3.44. The summed E-state index contributed by atoms with van der Waals surface area (Å²) in [7, 11) is 0. The molecule has 8 nitrogen and oxygen atoms in total. The van der Waals surface area contributed by atoms with Gasteiger partial charge in [-0.2, -0.15) is 5.10 Å². The highest BCUT2D eigenvalue weighted by Gasteiger charge is 2.10. The number of nitrogens with zero attached hydrogens (tertiary/aromatic N) is 1. The molecular weight excluding hydrogens is 262 g/mol. The smallest absolute Gasteiger partial charge is 0.311 e. The third-order valence-electron chi connectivity index (χ3n) is 2.95. The van der Waals surface area contributed by atoms with Crippen molar-refractivity contribution in [2.45, 2.75) is 26.7 Å². The summed E-state index contributed by atoms with van der Waals surface area (Å²) < 4.78 is 0. The highest BCUT2D eigenvalue weighted by Crippen LogP contribution is 2.09. The number of carbonyl (C=O) groups is 1. The van der Waals surface area contributed by atoms with Gasteiger partial charge in [-0.25, -0.2) is 4.79 Å². The third kappa shape index (κ3) is 3.02. The summed E-state index contributed by atoms with van der Waals surface area (Å²) in [6, 6.07) is 0. The van der Waals surface area contributed by atoms with Gasteiger partial charge >= 0.3 is 5.69 Å². The minimum absolute atomic E-state index is 0.133. The van der Waals surface area contributed by atoms with Crippen LogP contribution in [0.5, 0.6) is 0 Å². The van der Waals surface area contributed by atoms with Crippen molar-refractivity contribution in [1.29, 1.82) is 0 Å². The number of hydrogen-bond acceptors (Lipinski definition) is 4. The Balaban J connectivity index is 2.03. The molecule has 0 radical (unpaired) electrons. The van der Waals surface area contributed by atoms with E-state index >= 15 is 0 Å². The quantitative estimate of drug-likeness (QED) is 0.626. The van der Waals surface area contributed by atoms with E-state index in [4.69, 9.17) is 0 Å². The van der Waals surface area contributed by atoms with Crippen molar-refractivity contribution in [3.8, 4) is 0 Å². The van der Waals surface area contributed by atoms with Crippen LogP contribution in [0.1, 0.15) is 23.2 Å². The van der Waals surface area contributed by atoms with Gasteiger partial charge in [0, 0.05) is 23.2 Å². The molecule has 0 bridgehead atoms. The SMILES string of the molecule is Cc1cn[nH]c1NC(=O)CCc1c(C)[nH]c(=O)[nH]c1=O. The summed E-state index contributed by atoms with van der Waals surface area (Å²) in [5.74, 6) is 0.310. The van der Waals surface area contributed by atoms with Gasteiger partial charge in [0.2, 0.25) is 5.91 Å². The Kier molecular flexibility index (Phi) is 3.83. The maximum absolute atomic E-state index is 11.8. The molecule has 4 N–H and O–H groups in total. The van der Waals surface area contributed by atoms with E-state index in [1.165, 1.54) is 0 Å². The lowest BCUT2D eigenvalue weighted by molar-refractivity contribution is -0.116. The van der Waals surface area contributed by atoms with Crippen LogP contribution in [0.15, 0.2) is 15.8 Å². The molecule has 0 unspecified atom stereocenters. The first kappa shape index (κ1) is 13.8. The summed E-state index contributed by atoms with van der Waals surface area (Å²) >= 11 is 0. The maximum Gasteiger partial charge on any atom is 0.325 e. The van der Waals surface area contributed by atoms with Crippen molar-refractivity contribution >= 4 is 11.7 Å². The molecule has 0 aliphatic heterocycles. The van der Waals surface area contributed by atoms with E-state index in [0.717, 1.165) is 5.56 Å². The Hall–Kier alpha value is -2.64. The maximum atomic E-state index is 11.8. The lowest BCUT2D eigenvalue weighted by atomic mass is 10.1. The Morgan fingerprint density at radius 1 is 1.30 bits per heavy atom. The number of nitrogens with one attached hydrogen (secondary N) is 4. The van der Waals surface area contributed by atoms with E-state index in [2.05, 4.69) is 25.5 Å². The Morgan fingerprint density at radius 2 is 2.05 bits per heavy atom. The summed E-state index contributed by atoms with van der Waals surface area (Å²) in [4.78, 5) is 39.1. The van der Waals surface area contributed by atoms with E-state index in [1.54, 1.807) is 13.1 Å². The molecule has 2 aromatic heterocycles. The van der Waals surface area contributed by atoms with E-state index in [9.17, 15) is 14.4 Å². The minimum atomic E-state index is -0.547. The molecule has 2 heterocycles. The predicted octanol–water partition coefficient (Wildman–Crippen LogP) is -0.0256. The second-order valence-corrected chi connectivity index (χ2v) is 4.49. The molecular formula is C12H15N5O3. The number of hydrogen-bond donors (Lipinski definition) is 4. The van der Waals surface area contributed by atoms with Crippen LogP contribution in [0.3, 0.4) is 0 Å². The molecule has 2 rings (SSSR count). The first-order valence-corrected chi connectivity index (χ1v) is 6.09. The number of amides is 1. The van der Waals surface area contributed by atoms with Crippen molar-refractivity contribution in [2.75, 3.05) is 5.32 Å². The van der Waals surface area contributed by atoms with Crippen LogP contribution in [0.2, 0.25) is 0 Å². The molecule has 0 saturated heterocycles. The van der Waals surface area contributed by atoms with Gasteiger partial charge in [-0.05, 0) is 20.3 Å². The molecule has 106 valence electrons. The third-order valence-corrected chi connectivity index (χ3v) is 2.95. The number of carbonyl (C=O) groups excluding carboxylic acids is 1. The highest BCUT2D eigenvalue weighted by atomic mass is 16.2. The topological polar surface area (TPSA) is 123 Å². The van der Waals surface area contributed by atoms with Crippen molar-refractivity contribution in [1.82, 2.24) is 20.2 Å². The molecule has 0 aliphatic carbocycles. The fourth-order valence-corrected chi connectivity index (χ4v) is 1.84. The lowest BCUT2D eigenvalue weighted by Gasteiger charge is -2.05. The molecule has 20 heavy (non-hydrogen) atoms. The molecule has 0 saturated carbocycles. The van der Waals surface area contributed by atoms with Crippen LogP contribution in [-0.2, 0) is 11.2 Å². The van der Waals surface area contributed by atoms with Gasteiger partial charge in [-0.15, -0.1) is 0 Å². The molecule has 0 aliphatic rings. The summed E-state index contributed by atoms with van der Waals surface area (Å²) in [5.41, 5.74) is 0.701. The number of aromatic amines is 3. The lowest BCUT2D eigenvalue weighted by Crippen LogP contribution is -2.27. The number of aryl methyl sites for hydroxylation is 2. The monoisotopic (exact) mass is 277 g/mol. The van der Waals surface area contributed by atoms with Crippen molar-refractivity contribution in [2.24, 2.45) is 0 Å². The number of rotatable bonds is 4. The zero-order chi connectivity index (χ0) is 14.7. The highest BCUT2D eigenvalue weighted by molar-refractivity contribution is 5.90. The van der Waals surface area contributed by atoms with E-state index in [-0.39, 0.29) is 18.7 Å². The van der Waals surface area contributed by atoms with Crippen LogP contribution < -0.4 is 16.6 Å². The molecule has 0 atom stereocenters. The average Bonchev–Trinajstić information content (AvgIpc) is 2.73. The van der Waals surface area contributed by atoms with Gasteiger partial charge in [-0.3, -0.25) is 19.7 Å². The number of H-pyrrole nitrogens is 3. The van der Waals surface area contributed by atoms with Crippen LogP contribution in [0.4, 0.5) is 5.82 Å². The van der Waals surface area contributed by atoms with Crippen molar-refractivity contribution in [3.05, 3.63) is 43.9 Å². The standard InChI is InChI=1S/C12H15N5O3/c1-6-5-13-17-10(6)15-9(18)4-3-8-7(2)14-12(20)16-11(8)19/h5H,3-4H2,1-2H3,(H2,13,15,17,18)(H2,14,16,19,20). The second kappa shape index (κ2) is 5.55. The normalized spacial score (nSPS) is 10.5. The largest absolute Gasteiger partial charge is 0.325 e. The zero-order valence-electron chi connectivity index (χ0n) is 11.2. The summed E-state index contributed by atoms with van der Waals surface area (Å²) in [5, 5.41) is 9.13. The van der Waals surface area contributed by atoms with Gasteiger partial charge in [0.15, 0.2) is 0 Å². The van der Waals surface area contributed by atoms with E-state index in [0.29, 0.717) is 17.1 Å². The van der Waals surface area contributed by atoms with Gasteiger partial charge < -0.3 is 10.3 Å². The molecule has 8 heteroatoms. The minimum Gasteiger partial charge on any atom is -0.311 e. The van der Waals surface area contributed by atoms with E-state index < -0.39 is 11.2 Å². The Morgan fingerprint density at radius 3 is 2.65 bits per heavy atom. The number of anilines is 1. The van der Waals surface area contributed by atoms with Gasteiger partial charge in [0.1, 0.15) is 5.82 Å². The average molecular weight is 277 g/mol. The van der Waals surface area contributed by atoms with Crippen LogP contribution >= 0.6 is 0 Å². The van der Waals surface area contributed by atoms with Gasteiger partial charge in [0.25, 0.3) is 5.56 Å². The van der Waals surface area contributed by atoms with Crippen LogP contribution in [0, 0.1) is 13.8 Å². The van der Waals surface area contributed by atoms with Crippen molar-refractivity contribution < 1.29 is 4.79 Å². The fraction of sp³-hybridized carbons (Fsp3) is 0.333. The summed E-state index contributed by atoms with van der Waals surface area (Å²) in [6.07, 6.45) is 1.98. The Labute approximate surface area is 113 Å². The molecule has 0 fully saturated rings. The predicted molar refractivity (Wildman–Crippen MR) is 72.7 cm³/mol.